The number of aromatic nitrogens is 4. The van der Waals surface area contributed by atoms with Crippen LogP contribution in [0.5, 0.6) is 0 Å². The Hall–Kier alpha value is -3.04. The zero-order valence-electron chi connectivity index (χ0n) is 10.6. The zero-order valence-corrected chi connectivity index (χ0v) is 10.6. The lowest BCUT2D eigenvalue weighted by Gasteiger charge is -2.10. The standard InChI is InChI=1S/C10H10N6O4/c1-14(2)10-11-4-3-7(12-10)15-5-6(16(19)20)8(13-15)9(17)18/h3-5H,1-2H3,(H,17,18). The van der Waals surface area contributed by atoms with Gasteiger partial charge >= 0.3 is 11.7 Å². The van der Waals surface area contributed by atoms with E-state index < -0.39 is 22.3 Å². The molecule has 0 fully saturated rings. The van der Waals surface area contributed by atoms with Gasteiger partial charge in [0.2, 0.25) is 11.6 Å². The average Bonchev–Trinajstić information content (AvgIpc) is 2.84. The molecule has 0 saturated carbocycles. The molecule has 10 heteroatoms. The van der Waals surface area contributed by atoms with E-state index in [1.54, 1.807) is 19.0 Å². The van der Waals surface area contributed by atoms with Gasteiger partial charge in [-0.1, -0.05) is 0 Å². The van der Waals surface area contributed by atoms with Crippen LogP contribution in [0.1, 0.15) is 10.5 Å². The second-order valence-corrected chi connectivity index (χ2v) is 3.98. The van der Waals surface area contributed by atoms with Crippen molar-refractivity contribution < 1.29 is 14.8 Å². The summed E-state index contributed by atoms with van der Waals surface area (Å²) in [7, 11) is 3.46. The number of anilines is 1. The summed E-state index contributed by atoms with van der Waals surface area (Å²) in [6.45, 7) is 0. The Morgan fingerprint density at radius 3 is 2.70 bits per heavy atom. The summed E-state index contributed by atoms with van der Waals surface area (Å²) < 4.78 is 1.04. The van der Waals surface area contributed by atoms with Crippen molar-refractivity contribution in [3.05, 3.63) is 34.3 Å². The minimum atomic E-state index is -1.47. The first kappa shape index (κ1) is 13.4. The van der Waals surface area contributed by atoms with Gasteiger partial charge in [0.05, 0.1) is 4.92 Å². The molecular formula is C10H10N6O4. The highest BCUT2D eigenvalue weighted by Crippen LogP contribution is 2.19. The van der Waals surface area contributed by atoms with E-state index in [1.807, 2.05) is 0 Å². The lowest BCUT2D eigenvalue weighted by Crippen LogP contribution is -2.14. The molecule has 10 nitrogen and oxygen atoms in total. The van der Waals surface area contributed by atoms with Crippen LogP contribution in [-0.2, 0) is 0 Å². The highest BCUT2D eigenvalue weighted by molar-refractivity contribution is 5.89. The van der Waals surface area contributed by atoms with Gasteiger partial charge in [0, 0.05) is 26.4 Å². The molecule has 0 atom stereocenters. The molecule has 0 aliphatic carbocycles. The predicted molar refractivity (Wildman–Crippen MR) is 67.1 cm³/mol. The summed E-state index contributed by atoms with van der Waals surface area (Å²) in [6, 6.07) is 1.47. The van der Waals surface area contributed by atoms with E-state index in [4.69, 9.17) is 5.11 Å². The van der Waals surface area contributed by atoms with Crippen LogP contribution in [0.4, 0.5) is 11.6 Å². The Labute approximate surface area is 112 Å². The molecule has 20 heavy (non-hydrogen) atoms. The number of hydrogen-bond donors (Lipinski definition) is 1. The maximum atomic E-state index is 10.9. The molecule has 0 aliphatic rings. The first-order valence-electron chi connectivity index (χ1n) is 5.38. The van der Waals surface area contributed by atoms with Crippen LogP contribution in [0.3, 0.4) is 0 Å². The van der Waals surface area contributed by atoms with Crippen molar-refractivity contribution in [2.75, 3.05) is 19.0 Å². The number of carbonyl (C=O) groups is 1. The van der Waals surface area contributed by atoms with Gasteiger partial charge in [-0.3, -0.25) is 10.1 Å². The smallest absolute Gasteiger partial charge is 0.363 e. The molecule has 0 aromatic carbocycles. The number of aromatic carboxylic acids is 1. The van der Waals surface area contributed by atoms with Gasteiger partial charge in [-0.25, -0.2) is 14.5 Å². The van der Waals surface area contributed by atoms with E-state index in [-0.39, 0.29) is 5.82 Å². The first-order chi connectivity index (χ1) is 9.40. The van der Waals surface area contributed by atoms with E-state index in [1.165, 1.54) is 12.3 Å². The van der Waals surface area contributed by atoms with E-state index in [0.717, 1.165) is 10.9 Å². The van der Waals surface area contributed by atoms with Gasteiger partial charge < -0.3 is 10.0 Å². The summed E-state index contributed by atoms with van der Waals surface area (Å²) in [5.41, 5.74) is -1.23. The van der Waals surface area contributed by atoms with Crippen LogP contribution in [0.25, 0.3) is 5.82 Å². The summed E-state index contributed by atoms with van der Waals surface area (Å²) in [5.74, 6) is -0.867. The third kappa shape index (κ3) is 2.39. The number of nitro groups is 1. The van der Waals surface area contributed by atoms with Crippen LogP contribution < -0.4 is 4.90 Å². The zero-order chi connectivity index (χ0) is 14.9. The Balaban J connectivity index is 2.53. The van der Waals surface area contributed by atoms with Crippen LogP contribution in [0.2, 0.25) is 0 Å². The molecule has 2 aromatic rings. The summed E-state index contributed by atoms with van der Waals surface area (Å²) in [5, 5.41) is 23.4. The van der Waals surface area contributed by atoms with Crippen molar-refractivity contribution in [1.82, 2.24) is 19.7 Å². The van der Waals surface area contributed by atoms with Gasteiger partial charge in [-0.2, -0.15) is 10.1 Å². The molecule has 0 spiro atoms. The van der Waals surface area contributed by atoms with Gasteiger partial charge in [-0.15, -0.1) is 0 Å². The third-order valence-electron chi connectivity index (χ3n) is 2.36. The van der Waals surface area contributed by atoms with Crippen LogP contribution in [0, 0.1) is 10.1 Å². The van der Waals surface area contributed by atoms with Crippen molar-refractivity contribution in [2.45, 2.75) is 0 Å². The summed E-state index contributed by atoms with van der Waals surface area (Å²) >= 11 is 0. The molecule has 0 bridgehead atoms. The second-order valence-electron chi connectivity index (χ2n) is 3.98. The van der Waals surface area contributed by atoms with Gasteiger partial charge in [-0.05, 0) is 0 Å². The van der Waals surface area contributed by atoms with Crippen LogP contribution in [-0.4, -0.2) is 49.8 Å². The number of carboxylic acid groups (broad SMARTS) is 1. The summed E-state index contributed by atoms with van der Waals surface area (Å²) in [4.78, 5) is 30.7. The van der Waals surface area contributed by atoms with Crippen molar-refractivity contribution in [2.24, 2.45) is 0 Å². The molecule has 0 saturated heterocycles. The van der Waals surface area contributed by atoms with E-state index in [9.17, 15) is 14.9 Å². The van der Waals surface area contributed by atoms with Gasteiger partial charge in [0.25, 0.3) is 0 Å². The minimum absolute atomic E-state index is 0.235. The van der Waals surface area contributed by atoms with Gasteiger partial charge in [0.15, 0.2) is 5.82 Å². The molecule has 0 unspecified atom stereocenters. The largest absolute Gasteiger partial charge is 0.476 e. The molecule has 0 aliphatic heterocycles. The fourth-order valence-electron chi connectivity index (χ4n) is 1.45. The maximum absolute atomic E-state index is 10.9. The average molecular weight is 278 g/mol. The van der Waals surface area contributed by atoms with Gasteiger partial charge in [0.1, 0.15) is 6.20 Å². The lowest BCUT2D eigenvalue weighted by atomic mass is 10.4. The van der Waals surface area contributed by atoms with Crippen LogP contribution in [0.15, 0.2) is 18.5 Å². The molecule has 104 valence electrons. The SMILES string of the molecule is CN(C)c1nccc(-n2cc([N+](=O)[O-])c(C(=O)O)n2)n1. The monoisotopic (exact) mass is 278 g/mol. The van der Waals surface area contributed by atoms with Crippen molar-refractivity contribution >= 4 is 17.6 Å². The second kappa shape index (κ2) is 4.91. The number of carboxylic acids is 1. The van der Waals surface area contributed by atoms with Crippen LogP contribution >= 0.6 is 0 Å². The normalized spacial score (nSPS) is 10.3. The molecule has 0 radical (unpaired) electrons. The Morgan fingerprint density at radius 2 is 2.20 bits per heavy atom. The highest BCUT2D eigenvalue weighted by Gasteiger charge is 2.26. The third-order valence-corrected chi connectivity index (χ3v) is 2.36. The fourth-order valence-corrected chi connectivity index (χ4v) is 1.45. The Bertz CT molecular complexity index is 649. The topological polar surface area (TPSA) is 127 Å². The van der Waals surface area contributed by atoms with E-state index >= 15 is 0 Å². The fraction of sp³-hybridized carbons (Fsp3) is 0.200. The van der Waals surface area contributed by atoms with Crippen molar-refractivity contribution in [3.63, 3.8) is 0 Å². The number of hydrogen-bond acceptors (Lipinski definition) is 7. The Kier molecular flexibility index (Phi) is 3.29. The molecule has 2 heterocycles. The van der Waals surface area contributed by atoms with Crippen molar-refractivity contribution in [3.8, 4) is 5.82 Å². The lowest BCUT2D eigenvalue weighted by molar-refractivity contribution is -0.385. The van der Waals surface area contributed by atoms with E-state index in [2.05, 4.69) is 15.1 Å². The molecular weight excluding hydrogens is 268 g/mol. The number of rotatable bonds is 4. The van der Waals surface area contributed by atoms with Crippen molar-refractivity contribution in [1.29, 1.82) is 0 Å². The molecule has 2 aromatic heterocycles. The highest BCUT2D eigenvalue weighted by atomic mass is 16.6. The maximum Gasteiger partial charge on any atom is 0.363 e. The Morgan fingerprint density at radius 1 is 1.50 bits per heavy atom. The predicted octanol–water partition coefficient (Wildman–Crippen LogP) is 0.335. The number of nitrogens with zero attached hydrogens (tertiary/aromatic N) is 6. The minimum Gasteiger partial charge on any atom is -0.476 e. The summed E-state index contributed by atoms with van der Waals surface area (Å²) in [6.07, 6.45) is 2.46. The molecule has 0 amide bonds. The van der Waals surface area contributed by atoms with E-state index in [0.29, 0.717) is 5.95 Å². The quantitative estimate of drug-likeness (QED) is 0.626. The molecule has 2 rings (SSSR count). The first-order valence-corrected chi connectivity index (χ1v) is 5.38. The molecule has 1 N–H and O–H groups in total.